The summed E-state index contributed by atoms with van der Waals surface area (Å²) in [6.45, 7) is 2.02. The summed E-state index contributed by atoms with van der Waals surface area (Å²) in [6, 6.07) is 10.4. The number of nitrogens with zero attached hydrogens (tertiary/aromatic N) is 1. The number of carbonyl (C=O) groups excluding carboxylic acids is 1. The molecule has 2 N–H and O–H groups in total. The van der Waals surface area contributed by atoms with Crippen molar-refractivity contribution in [2.24, 2.45) is 11.7 Å². The van der Waals surface area contributed by atoms with E-state index in [-0.39, 0.29) is 5.92 Å². The van der Waals surface area contributed by atoms with Crippen LogP contribution in [-0.2, 0) is 11.2 Å². The Balaban J connectivity index is 1.90. The largest absolute Gasteiger partial charge is 0.341 e. The van der Waals surface area contributed by atoms with Crippen molar-refractivity contribution in [2.75, 3.05) is 19.6 Å². The van der Waals surface area contributed by atoms with E-state index in [4.69, 9.17) is 5.73 Å². The van der Waals surface area contributed by atoms with Crippen LogP contribution < -0.4 is 5.73 Å². The summed E-state index contributed by atoms with van der Waals surface area (Å²) in [5.74, 6) is 0.567. The van der Waals surface area contributed by atoms with Crippen molar-refractivity contribution in [3.05, 3.63) is 35.9 Å². The van der Waals surface area contributed by atoms with Crippen LogP contribution in [0.3, 0.4) is 0 Å². The van der Waals surface area contributed by atoms with Crippen LogP contribution in [0.4, 0.5) is 0 Å². The maximum atomic E-state index is 12.6. The Bertz CT molecular complexity index is 399. The van der Waals surface area contributed by atoms with Gasteiger partial charge in [0.1, 0.15) is 0 Å². The lowest BCUT2D eigenvalue weighted by Gasteiger charge is -2.29. The zero-order valence-corrected chi connectivity index (χ0v) is 12.3. The molecule has 2 rings (SSSR count). The normalized spacial score (nSPS) is 16.1. The second kappa shape index (κ2) is 8.05. The van der Waals surface area contributed by atoms with Gasteiger partial charge in [-0.15, -0.1) is 0 Å². The molecule has 0 spiro atoms. The molecule has 1 aromatic rings. The van der Waals surface area contributed by atoms with E-state index < -0.39 is 0 Å². The highest BCUT2D eigenvalue weighted by Gasteiger charge is 2.25. The van der Waals surface area contributed by atoms with Gasteiger partial charge >= 0.3 is 0 Å². The smallest absolute Gasteiger partial charge is 0.225 e. The van der Waals surface area contributed by atoms with E-state index in [0.717, 1.165) is 25.8 Å². The van der Waals surface area contributed by atoms with Gasteiger partial charge in [0.25, 0.3) is 0 Å². The summed E-state index contributed by atoms with van der Waals surface area (Å²) < 4.78 is 0. The zero-order valence-electron chi connectivity index (χ0n) is 12.3. The summed E-state index contributed by atoms with van der Waals surface area (Å²) in [5, 5.41) is 0. The molecule has 0 aliphatic heterocycles. The Hall–Kier alpha value is -1.35. The van der Waals surface area contributed by atoms with Gasteiger partial charge in [-0.3, -0.25) is 4.79 Å². The number of nitrogens with two attached hydrogens (primary N) is 1. The second-order valence-corrected chi connectivity index (χ2v) is 5.68. The molecule has 0 bridgehead atoms. The number of amides is 1. The summed E-state index contributed by atoms with van der Waals surface area (Å²) in [6.07, 6.45) is 6.72. The van der Waals surface area contributed by atoms with Crippen molar-refractivity contribution < 1.29 is 4.79 Å². The first kappa shape index (κ1) is 15.0. The maximum absolute atomic E-state index is 12.6. The summed E-state index contributed by atoms with van der Waals surface area (Å²) in [4.78, 5) is 14.6. The Morgan fingerprint density at radius 1 is 1.10 bits per heavy atom. The quantitative estimate of drug-likeness (QED) is 0.866. The fraction of sp³-hybridized carbons (Fsp3) is 0.588. The molecule has 110 valence electrons. The average molecular weight is 274 g/mol. The maximum Gasteiger partial charge on any atom is 0.225 e. The van der Waals surface area contributed by atoms with Crippen molar-refractivity contribution in [3.8, 4) is 0 Å². The number of hydrogen-bond acceptors (Lipinski definition) is 2. The lowest BCUT2D eigenvalue weighted by atomic mass is 9.88. The predicted octanol–water partition coefficient (Wildman–Crippen LogP) is 2.60. The summed E-state index contributed by atoms with van der Waals surface area (Å²) >= 11 is 0. The molecular weight excluding hydrogens is 248 g/mol. The third-order valence-corrected chi connectivity index (χ3v) is 4.18. The van der Waals surface area contributed by atoms with E-state index in [1.165, 1.54) is 24.8 Å². The third kappa shape index (κ3) is 4.34. The van der Waals surface area contributed by atoms with E-state index in [1.807, 2.05) is 23.1 Å². The van der Waals surface area contributed by atoms with Crippen molar-refractivity contribution in [3.63, 3.8) is 0 Å². The van der Waals surface area contributed by atoms with Crippen LogP contribution in [0.15, 0.2) is 30.3 Å². The Labute approximate surface area is 122 Å². The van der Waals surface area contributed by atoms with Gasteiger partial charge in [-0.2, -0.15) is 0 Å². The van der Waals surface area contributed by atoms with Crippen LogP contribution >= 0.6 is 0 Å². The minimum atomic E-state index is 0.242. The summed E-state index contributed by atoms with van der Waals surface area (Å²) in [7, 11) is 0. The van der Waals surface area contributed by atoms with Gasteiger partial charge in [0.05, 0.1) is 0 Å². The van der Waals surface area contributed by atoms with Crippen molar-refractivity contribution in [1.82, 2.24) is 4.90 Å². The van der Waals surface area contributed by atoms with E-state index in [1.54, 1.807) is 0 Å². The molecular formula is C17H26N2O. The van der Waals surface area contributed by atoms with Crippen LogP contribution in [0.1, 0.15) is 37.7 Å². The number of benzene rings is 1. The van der Waals surface area contributed by atoms with E-state index in [9.17, 15) is 4.79 Å². The average Bonchev–Trinajstić information content (AvgIpc) is 2.52. The van der Waals surface area contributed by atoms with Gasteiger partial charge in [0.15, 0.2) is 0 Å². The third-order valence-electron chi connectivity index (χ3n) is 4.18. The van der Waals surface area contributed by atoms with Gasteiger partial charge in [-0.05, 0) is 24.8 Å². The van der Waals surface area contributed by atoms with Gasteiger partial charge in [-0.25, -0.2) is 0 Å². The fourth-order valence-electron chi connectivity index (χ4n) is 3.00. The zero-order chi connectivity index (χ0) is 14.2. The lowest BCUT2D eigenvalue weighted by molar-refractivity contribution is -0.136. The molecule has 3 heteroatoms. The highest BCUT2D eigenvalue weighted by molar-refractivity contribution is 5.79. The molecule has 1 aromatic carbocycles. The first-order valence-electron chi connectivity index (χ1n) is 7.84. The van der Waals surface area contributed by atoms with E-state index >= 15 is 0 Å². The highest BCUT2D eigenvalue weighted by Crippen LogP contribution is 2.25. The standard InChI is InChI=1S/C17H26N2O/c18-12-14-19(13-11-15-7-3-1-4-8-15)17(20)16-9-5-2-6-10-16/h1,3-4,7-8,16H,2,5-6,9-14,18H2. The van der Waals surface area contributed by atoms with Crippen LogP contribution in [0, 0.1) is 5.92 Å². The van der Waals surface area contributed by atoms with Crippen LogP contribution in [0.25, 0.3) is 0 Å². The Kier molecular flexibility index (Phi) is 6.06. The predicted molar refractivity (Wildman–Crippen MR) is 82.4 cm³/mol. The van der Waals surface area contributed by atoms with Gasteiger partial charge in [-0.1, -0.05) is 49.6 Å². The number of carbonyl (C=O) groups is 1. The molecule has 0 heterocycles. The first-order valence-corrected chi connectivity index (χ1v) is 7.84. The van der Waals surface area contributed by atoms with Crippen LogP contribution in [0.2, 0.25) is 0 Å². The molecule has 0 aromatic heterocycles. The minimum Gasteiger partial charge on any atom is -0.341 e. The molecule has 1 saturated carbocycles. The molecule has 1 amide bonds. The van der Waals surface area contributed by atoms with Crippen molar-refractivity contribution in [2.45, 2.75) is 38.5 Å². The first-order chi connectivity index (χ1) is 9.81. The number of rotatable bonds is 6. The molecule has 1 aliphatic rings. The SMILES string of the molecule is NCCN(CCc1ccccc1)C(=O)C1CCCCC1. The molecule has 1 aliphatic carbocycles. The second-order valence-electron chi connectivity index (χ2n) is 5.68. The number of hydrogen-bond donors (Lipinski definition) is 1. The van der Waals surface area contributed by atoms with Gasteiger partial charge < -0.3 is 10.6 Å². The molecule has 20 heavy (non-hydrogen) atoms. The molecule has 0 radical (unpaired) electrons. The van der Waals surface area contributed by atoms with Gasteiger partial charge in [0.2, 0.25) is 5.91 Å². The highest BCUT2D eigenvalue weighted by atomic mass is 16.2. The molecule has 1 fully saturated rings. The van der Waals surface area contributed by atoms with Crippen LogP contribution in [0.5, 0.6) is 0 Å². The molecule has 0 unspecified atom stereocenters. The van der Waals surface area contributed by atoms with E-state index in [0.29, 0.717) is 19.0 Å². The Morgan fingerprint density at radius 2 is 1.80 bits per heavy atom. The lowest BCUT2D eigenvalue weighted by Crippen LogP contribution is -2.41. The van der Waals surface area contributed by atoms with Gasteiger partial charge in [0, 0.05) is 25.6 Å². The molecule has 3 nitrogen and oxygen atoms in total. The molecule has 0 atom stereocenters. The summed E-state index contributed by atoms with van der Waals surface area (Å²) in [5.41, 5.74) is 6.96. The Morgan fingerprint density at radius 3 is 2.45 bits per heavy atom. The fourth-order valence-corrected chi connectivity index (χ4v) is 3.00. The topological polar surface area (TPSA) is 46.3 Å². The monoisotopic (exact) mass is 274 g/mol. The van der Waals surface area contributed by atoms with E-state index in [2.05, 4.69) is 12.1 Å². The van der Waals surface area contributed by atoms with Crippen LogP contribution in [-0.4, -0.2) is 30.4 Å². The van der Waals surface area contributed by atoms with Crippen molar-refractivity contribution >= 4 is 5.91 Å². The van der Waals surface area contributed by atoms with Crippen molar-refractivity contribution in [1.29, 1.82) is 0 Å². The molecule has 0 saturated heterocycles. The minimum absolute atomic E-state index is 0.242.